The zero-order valence-electron chi connectivity index (χ0n) is 13.0. The molecule has 0 spiro atoms. The predicted octanol–water partition coefficient (Wildman–Crippen LogP) is 0.884. The highest BCUT2D eigenvalue weighted by Gasteiger charge is 2.33. The molecule has 2 rings (SSSR count). The largest absolute Gasteiger partial charge is 0.384 e. The van der Waals surface area contributed by atoms with Crippen molar-refractivity contribution in [3.05, 3.63) is 18.0 Å². The molecule has 0 bridgehead atoms. The lowest BCUT2D eigenvalue weighted by molar-refractivity contribution is 0.157. The summed E-state index contributed by atoms with van der Waals surface area (Å²) in [5.74, 6) is 0.301. The molecule has 0 amide bonds. The van der Waals surface area contributed by atoms with Crippen LogP contribution in [0.5, 0.6) is 0 Å². The molecule has 120 valence electrons. The Bertz CT molecular complexity index is 568. The summed E-state index contributed by atoms with van der Waals surface area (Å²) < 4.78 is 34.1. The Morgan fingerprint density at radius 3 is 2.86 bits per heavy atom. The van der Waals surface area contributed by atoms with Gasteiger partial charge in [0, 0.05) is 45.2 Å². The van der Waals surface area contributed by atoms with Crippen LogP contribution in [0.2, 0.25) is 0 Å². The molecule has 1 aliphatic rings. The minimum atomic E-state index is -3.39. The van der Waals surface area contributed by atoms with Crippen LogP contribution in [-0.4, -0.2) is 51.1 Å². The summed E-state index contributed by atoms with van der Waals surface area (Å²) in [5.41, 5.74) is 0.992. The lowest BCUT2D eigenvalue weighted by atomic mass is 10.1. The van der Waals surface area contributed by atoms with Crippen molar-refractivity contribution < 1.29 is 13.2 Å². The van der Waals surface area contributed by atoms with E-state index in [1.165, 1.54) is 0 Å². The molecule has 1 aliphatic heterocycles. The van der Waals surface area contributed by atoms with Crippen molar-refractivity contribution in [2.75, 3.05) is 33.9 Å². The number of aryl methyl sites for hydroxylation is 1. The molecule has 1 fully saturated rings. The van der Waals surface area contributed by atoms with E-state index in [4.69, 9.17) is 4.74 Å². The molecule has 1 aromatic rings. The Balaban J connectivity index is 2.20. The van der Waals surface area contributed by atoms with Crippen LogP contribution in [-0.2, 0) is 27.8 Å². The van der Waals surface area contributed by atoms with Crippen molar-refractivity contribution in [3.8, 4) is 0 Å². The molecule has 2 heterocycles. The number of nitrogens with one attached hydrogen (secondary N) is 1. The van der Waals surface area contributed by atoms with E-state index < -0.39 is 10.0 Å². The van der Waals surface area contributed by atoms with E-state index in [1.807, 2.05) is 18.5 Å². The fourth-order valence-electron chi connectivity index (χ4n) is 2.83. The molecule has 0 aliphatic carbocycles. The van der Waals surface area contributed by atoms with Crippen molar-refractivity contribution in [1.29, 1.82) is 0 Å². The molecule has 6 nitrogen and oxygen atoms in total. The van der Waals surface area contributed by atoms with Crippen molar-refractivity contribution in [2.45, 2.75) is 31.3 Å². The first-order chi connectivity index (χ1) is 10.0. The number of aromatic nitrogens is 1. The predicted molar refractivity (Wildman–Crippen MR) is 81.6 cm³/mol. The van der Waals surface area contributed by atoms with E-state index in [0.29, 0.717) is 37.1 Å². The molecule has 1 N–H and O–H groups in total. The average molecular weight is 315 g/mol. The summed E-state index contributed by atoms with van der Waals surface area (Å²) in [4.78, 5) is 0.396. The monoisotopic (exact) mass is 315 g/mol. The van der Waals surface area contributed by atoms with Gasteiger partial charge >= 0.3 is 0 Å². The highest BCUT2D eigenvalue weighted by molar-refractivity contribution is 7.89. The van der Waals surface area contributed by atoms with Gasteiger partial charge in [0.15, 0.2) is 0 Å². The smallest absolute Gasteiger partial charge is 0.244 e. The second-order valence-corrected chi connectivity index (χ2v) is 7.39. The van der Waals surface area contributed by atoms with Gasteiger partial charge in [0.25, 0.3) is 0 Å². The van der Waals surface area contributed by atoms with Crippen molar-refractivity contribution in [2.24, 2.45) is 5.92 Å². The lowest BCUT2D eigenvalue weighted by Crippen LogP contribution is -2.29. The Morgan fingerprint density at radius 1 is 1.48 bits per heavy atom. The van der Waals surface area contributed by atoms with Crippen LogP contribution in [0.15, 0.2) is 17.2 Å². The average Bonchev–Trinajstić information content (AvgIpc) is 3.07. The van der Waals surface area contributed by atoms with Gasteiger partial charge in [0.05, 0.1) is 6.61 Å². The Kier molecular flexibility index (Phi) is 5.43. The van der Waals surface area contributed by atoms with Crippen LogP contribution >= 0.6 is 0 Å². The van der Waals surface area contributed by atoms with E-state index in [1.54, 1.807) is 23.7 Å². The standard InChI is InChI=1S/C14H25N3O3S/c1-4-16-10-14(7-13(16)8-15-2)21(18,19)17-6-5-12(9-17)11-20-3/h7,10,12,15H,4-6,8-9,11H2,1-3H3. The zero-order chi connectivity index (χ0) is 15.5. The normalized spacial score (nSPS) is 20.2. The third-order valence-electron chi connectivity index (χ3n) is 3.95. The second kappa shape index (κ2) is 6.91. The van der Waals surface area contributed by atoms with Gasteiger partial charge in [-0.1, -0.05) is 0 Å². The van der Waals surface area contributed by atoms with Crippen LogP contribution in [0.3, 0.4) is 0 Å². The summed E-state index contributed by atoms with van der Waals surface area (Å²) in [7, 11) is 0.123. The van der Waals surface area contributed by atoms with Crippen molar-refractivity contribution in [1.82, 2.24) is 14.2 Å². The Hall–Kier alpha value is -0.890. The third kappa shape index (κ3) is 3.48. The summed E-state index contributed by atoms with van der Waals surface area (Å²) in [6, 6.07) is 1.78. The van der Waals surface area contributed by atoms with E-state index >= 15 is 0 Å². The number of sulfonamides is 1. The van der Waals surface area contributed by atoms with Crippen molar-refractivity contribution in [3.63, 3.8) is 0 Å². The van der Waals surface area contributed by atoms with Gasteiger partial charge in [0.1, 0.15) is 4.90 Å². The van der Waals surface area contributed by atoms with E-state index in [0.717, 1.165) is 18.7 Å². The highest BCUT2D eigenvalue weighted by atomic mass is 32.2. The first-order valence-corrected chi connectivity index (χ1v) is 8.79. The summed E-state index contributed by atoms with van der Waals surface area (Å²) >= 11 is 0. The second-order valence-electron chi connectivity index (χ2n) is 5.46. The van der Waals surface area contributed by atoms with E-state index in [9.17, 15) is 8.42 Å². The van der Waals surface area contributed by atoms with E-state index in [-0.39, 0.29) is 0 Å². The number of hydrogen-bond donors (Lipinski definition) is 1. The zero-order valence-corrected chi connectivity index (χ0v) is 13.8. The van der Waals surface area contributed by atoms with Crippen LogP contribution in [0, 0.1) is 5.92 Å². The molecule has 1 atom stereocenters. The fraction of sp³-hybridized carbons (Fsp3) is 0.714. The summed E-state index contributed by atoms with van der Waals surface area (Å²) in [5, 5.41) is 3.07. The number of ether oxygens (including phenoxy) is 1. The SMILES string of the molecule is CCn1cc(S(=O)(=O)N2CCC(COC)C2)cc1CNC. The third-order valence-corrected chi connectivity index (χ3v) is 5.78. The van der Waals surface area contributed by atoms with Gasteiger partial charge in [-0.3, -0.25) is 0 Å². The summed E-state index contributed by atoms with van der Waals surface area (Å²) in [6.07, 6.45) is 2.61. The summed E-state index contributed by atoms with van der Waals surface area (Å²) in [6.45, 7) is 5.19. The van der Waals surface area contributed by atoms with Crippen LogP contribution in [0.25, 0.3) is 0 Å². The molecule has 0 saturated carbocycles. The minimum Gasteiger partial charge on any atom is -0.384 e. The van der Waals surface area contributed by atoms with Crippen LogP contribution in [0.1, 0.15) is 19.0 Å². The van der Waals surface area contributed by atoms with Crippen LogP contribution in [0.4, 0.5) is 0 Å². The number of rotatable bonds is 7. The van der Waals surface area contributed by atoms with Crippen LogP contribution < -0.4 is 5.32 Å². The molecule has 1 aromatic heterocycles. The van der Waals surface area contributed by atoms with E-state index in [2.05, 4.69) is 5.32 Å². The quantitative estimate of drug-likeness (QED) is 0.811. The maximum Gasteiger partial charge on any atom is 0.244 e. The topological polar surface area (TPSA) is 63.6 Å². The first kappa shape index (κ1) is 16.5. The molecule has 1 unspecified atom stereocenters. The fourth-order valence-corrected chi connectivity index (χ4v) is 4.42. The molecule has 21 heavy (non-hydrogen) atoms. The van der Waals surface area contributed by atoms with Gasteiger partial charge in [-0.15, -0.1) is 0 Å². The molecular weight excluding hydrogens is 290 g/mol. The van der Waals surface area contributed by atoms with Gasteiger partial charge < -0.3 is 14.6 Å². The molecular formula is C14H25N3O3S. The maximum absolute atomic E-state index is 12.7. The van der Waals surface area contributed by atoms with Gasteiger partial charge in [-0.05, 0) is 32.4 Å². The van der Waals surface area contributed by atoms with Crippen molar-refractivity contribution >= 4 is 10.0 Å². The van der Waals surface area contributed by atoms with Gasteiger partial charge in [-0.2, -0.15) is 4.31 Å². The van der Waals surface area contributed by atoms with Gasteiger partial charge in [-0.25, -0.2) is 8.42 Å². The maximum atomic E-state index is 12.7. The Morgan fingerprint density at radius 2 is 2.24 bits per heavy atom. The number of methoxy groups -OCH3 is 1. The molecule has 0 aromatic carbocycles. The highest BCUT2D eigenvalue weighted by Crippen LogP contribution is 2.25. The molecule has 0 radical (unpaired) electrons. The number of hydrogen-bond acceptors (Lipinski definition) is 4. The molecule has 1 saturated heterocycles. The number of nitrogens with zero attached hydrogens (tertiary/aromatic N) is 2. The first-order valence-electron chi connectivity index (χ1n) is 7.35. The van der Waals surface area contributed by atoms with Gasteiger partial charge in [0.2, 0.25) is 10.0 Å². The minimum absolute atomic E-state index is 0.301. The Labute approximate surface area is 127 Å². The molecule has 7 heteroatoms. The lowest BCUT2D eigenvalue weighted by Gasteiger charge is -2.15.